The summed E-state index contributed by atoms with van der Waals surface area (Å²) in [5, 5.41) is 2.97. The molecule has 1 saturated heterocycles. The van der Waals surface area contributed by atoms with Crippen molar-refractivity contribution in [2.45, 2.75) is 33.2 Å². The molecule has 9 nitrogen and oxygen atoms in total. The third kappa shape index (κ3) is 6.97. The van der Waals surface area contributed by atoms with Crippen molar-refractivity contribution in [1.82, 2.24) is 20.0 Å². The molecule has 1 unspecified atom stereocenters. The maximum Gasteiger partial charge on any atom is 0.338 e. The molecule has 2 heterocycles. The highest BCUT2D eigenvalue weighted by Crippen LogP contribution is 2.34. The van der Waals surface area contributed by atoms with Crippen molar-refractivity contribution in [2.75, 3.05) is 46.4 Å². The summed E-state index contributed by atoms with van der Waals surface area (Å²) in [6.07, 6.45) is 0.537. The molecule has 0 saturated carbocycles. The van der Waals surface area contributed by atoms with E-state index in [4.69, 9.17) is 9.47 Å². The van der Waals surface area contributed by atoms with E-state index in [0.717, 1.165) is 5.56 Å². The lowest BCUT2D eigenvalue weighted by Crippen LogP contribution is -2.53. The van der Waals surface area contributed by atoms with Gasteiger partial charge in [-0.1, -0.05) is 44.2 Å². The van der Waals surface area contributed by atoms with Gasteiger partial charge >= 0.3 is 12.0 Å². The summed E-state index contributed by atoms with van der Waals surface area (Å²) in [7, 11) is 1.66. The van der Waals surface area contributed by atoms with E-state index in [0.29, 0.717) is 67.8 Å². The average molecular weight is 535 g/mol. The number of esters is 1. The number of carbonyl (C=O) groups is 3. The molecule has 0 radical (unpaired) electrons. The van der Waals surface area contributed by atoms with Gasteiger partial charge in [0.2, 0.25) is 5.91 Å². The molecule has 1 fully saturated rings. The molecule has 0 spiro atoms. The Kier molecular flexibility index (Phi) is 9.24. The first-order valence-electron chi connectivity index (χ1n) is 13.5. The van der Waals surface area contributed by atoms with Crippen LogP contribution in [0.1, 0.15) is 38.8 Å². The van der Waals surface area contributed by atoms with Crippen LogP contribution in [0.25, 0.3) is 0 Å². The van der Waals surface area contributed by atoms with E-state index in [1.165, 1.54) is 4.90 Å². The van der Waals surface area contributed by atoms with Crippen molar-refractivity contribution in [3.8, 4) is 11.5 Å². The number of urea groups is 1. The summed E-state index contributed by atoms with van der Waals surface area (Å²) < 4.78 is 11.5. The Balaban J connectivity index is 1.60. The number of ether oxygens (including phenoxy) is 2. The van der Waals surface area contributed by atoms with Crippen LogP contribution >= 0.6 is 0 Å². The molecule has 1 atom stereocenters. The first kappa shape index (κ1) is 28.2. The number of piperazine rings is 1. The largest absolute Gasteiger partial charge is 0.463 e. The van der Waals surface area contributed by atoms with Crippen molar-refractivity contribution in [3.63, 3.8) is 0 Å². The van der Waals surface area contributed by atoms with Gasteiger partial charge < -0.3 is 19.7 Å². The molecule has 2 aromatic carbocycles. The minimum Gasteiger partial charge on any atom is -0.463 e. The minimum atomic E-state index is -0.698. The highest BCUT2D eigenvalue weighted by Gasteiger charge is 2.38. The molecule has 9 heteroatoms. The Hall–Kier alpha value is -3.85. The second-order valence-electron chi connectivity index (χ2n) is 10.3. The van der Waals surface area contributed by atoms with Crippen molar-refractivity contribution in [3.05, 3.63) is 71.4 Å². The van der Waals surface area contributed by atoms with Crippen LogP contribution in [0.3, 0.4) is 0 Å². The van der Waals surface area contributed by atoms with E-state index in [1.807, 2.05) is 73.3 Å². The Labute approximate surface area is 230 Å². The zero-order valence-electron chi connectivity index (χ0n) is 23.2. The molecule has 4 rings (SSSR count). The van der Waals surface area contributed by atoms with E-state index in [1.54, 1.807) is 14.0 Å². The van der Waals surface area contributed by atoms with Gasteiger partial charge in [0.1, 0.15) is 11.5 Å². The molecule has 0 aliphatic carbocycles. The SMILES string of the molecule is CCOC(=O)C1=C(CN2CCN(C(=O)CC(C)C)CC2)N(C)C(=O)NC1c1cccc(Oc2ccccc2)c1. The number of amides is 3. The summed E-state index contributed by atoms with van der Waals surface area (Å²) in [5.41, 5.74) is 1.71. The van der Waals surface area contributed by atoms with Crippen molar-refractivity contribution in [1.29, 1.82) is 0 Å². The lowest BCUT2D eigenvalue weighted by Gasteiger charge is -2.39. The Bertz CT molecular complexity index is 1200. The number of rotatable bonds is 9. The molecule has 2 aliphatic rings. The van der Waals surface area contributed by atoms with E-state index in [-0.39, 0.29) is 18.5 Å². The van der Waals surface area contributed by atoms with Crippen LogP contribution in [0.5, 0.6) is 11.5 Å². The van der Waals surface area contributed by atoms with Crippen LogP contribution in [0.15, 0.2) is 65.9 Å². The van der Waals surface area contributed by atoms with Crippen molar-refractivity contribution in [2.24, 2.45) is 5.92 Å². The van der Waals surface area contributed by atoms with Crippen molar-refractivity contribution >= 4 is 17.9 Å². The second kappa shape index (κ2) is 12.8. The van der Waals surface area contributed by atoms with Crippen molar-refractivity contribution < 1.29 is 23.9 Å². The maximum atomic E-state index is 13.3. The average Bonchev–Trinajstić information content (AvgIpc) is 2.92. The molecular weight excluding hydrogens is 496 g/mol. The van der Waals surface area contributed by atoms with Gasteiger partial charge in [0.25, 0.3) is 0 Å². The predicted molar refractivity (Wildman–Crippen MR) is 148 cm³/mol. The maximum absolute atomic E-state index is 13.3. The van der Waals surface area contributed by atoms with Crippen LogP contribution in [0, 0.1) is 5.92 Å². The van der Waals surface area contributed by atoms with Crippen LogP contribution in [0.4, 0.5) is 4.79 Å². The number of nitrogens with one attached hydrogen (secondary N) is 1. The predicted octanol–water partition coefficient (Wildman–Crippen LogP) is 4.18. The number of nitrogens with zero attached hydrogens (tertiary/aromatic N) is 3. The molecule has 208 valence electrons. The van der Waals surface area contributed by atoms with Gasteiger partial charge in [0.05, 0.1) is 18.2 Å². The van der Waals surface area contributed by atoms with E-state index < -0.39 is 12.0 Å². The Morgan fingerprint density at radius 2 is 1.69 bits per heavy atom. The summed E-state index contributed by atoms with van der Waals surface area (Å²) in [6, 6.07) is 15.8. The van der Waals surface area contributed by atoms with E-state index >= 15 is 0 Å². The molecule has 1 N–H and O–H groups in total. The van der Waals surface area contributed by atoms with Gasteiger partial charge in [-0.3, -0.25) is 14.6 Å². The zero-order valence-corrected chi connectivity index (χ0v) is 23.2. The zero-order chi connectivity index (χ0) is 27.9. The monoisotopic (exact) mass is 534 g/mol. The van der Waals surface area contributed by atoms with E-state index in [2.05, 4.69) is 10.2 Å². The van der Waals surface area contributed by atoms with Crippen LogP contribution < -0.4 is 10.1 Å². The highest BCUT2D eigenvalue weighted by atomic mass is 16.5. The summed E-state index contributed by atoms with van der Waals surface area (Å²) in [6.45, 7) is 9.00. The van der Waals surface area contributed by atoms with Gasteiger partial charge in [0.15, 0.2) is 0 Å². The highest BCUT2D eigenvalue weighted by molar-refractivity contribution is 5.95. The number of para-hydroxylation sites is 1. The standard InChI is InChI=1S/C30H38N4O5/c1-5-38-29(36)27-25(20-33-14-16-34(17-15-33)26(35)18-21(2)3)32(4)30(37)31-28(27)22-10-9-13-24(19-22)39-23-11-7-6-8-12-23/h6-13,19,21,28H,5,14-18,20H2,1-4H3,(H,31,37). The second-order valence-corrected chi connectivity index (χ2v) is 10.3. The molecule has 2 aliphatic heterocycles. The fraction of sp³-hybridized carbons (Fsp3) is 0.433. The van der Waals surface area contributed by atoms with Crippen LogP contribution in [-0.2, 0) is 14.3 Å². The molecule has 3 amide bonds. The van der Waals surface area contributed by atoms with Gasteiger partial charge in [-0.15, -0.1) is 0 Å². The smallest absolute Gasteiger partial charge is 0.338 e. The first-order valence-corrected chi connectivity index (χ1v) is 13.5. The summed E-state index contributed by atoms with van der Waals surface area (Å²) >= 11 is 0. The molecular formula is C30H38N4O5. The van der Waals surface area contributed by atoms with E-state index in [9.17, 15) is 14.4 Å². The van der Waals surface area contributed by atoms with Gasteiger partial charge in [0, 0.05) is 51.9 Å². The number of likely N-dealkylation sites (N-methyl/N-ethyl adjacent to an activating group) is 1. The number of hydrogen-bond acceptors (Lipinski definition) is 6. The Morgan fingerprint density at radius 3 is 2.36 bits per heavy atom. The van der Waals surface area contributed by atoms with Crippen LogP contribution in [0.2, 0.25) is 0 Å². The third-order valence-corrected chi connectivity index (χ3v) is 6.92. The summed E-state index contributed by atoms with van der Waals surface area (Å²) in [4.78, 5) is 44.5. The molecule has 2 aromatic rings. The first-order chi connectivity index (χ1) is 18.8. The molecule has 39 heavy (non-hydrogen) atoms. The molecule has 0 bridgehead atoms. The van der Waals surface area contributed by atoms with Gasteiger partial charge in [-0.05, 0) is 42.7 Å². The topological polar surface area (TPSA) is 91.4 Å². The quantitative estimate of drug-likeness (QED) is 0.486. The minimum absolute atomic E-state index is 0.169. The van der Waals surface area contributed by atoms with Gasteiger partial charge in [-0.2, -0.15) is 0 Å². The number of carbonyl (C=O) groups excluding carboxylic acids is 3. The van der Waals surface area contributed by atoms with Crippen LogP contribution in [-0.4, -0.2) is 79.0 Å². The number of benzene rings is 2. The Morgan fingerprint density at radius 1 is 1.00 bits per heavy atom. The number of hydrogen-bond donors (Lipinski definition) is 1. The molecule has 0 aromatic heterocycles. The third-order valence-electron chi connectivity index (χ3n) is 6.92. The lowest BCUT2D eigenvalue weighted by molar-refractivity contribution is -0.139. The fourth-order valence-electron chi connectivity index (χ4n) is 4.88. The summed E-state index contributed by atoms with van der Waals surface area (Å²) in [5.74, 6) is 1.30. The normalized spacial score (nSPS) is 18.3. The lowest BCUT2D eigenvalue weighted by atomic mass is 9.94. The van der Waals surface area contributed by atoms with Gasteiger partial charge in [-0.25, -0.2) is 9.59 Å². The fourth-order valence-corrected chi connectivity index (χ4v) is 4.88.